The van der Waals surface area contributed by atoms with E-state index in [9.17, 15) is 10.1 Å². The van der Waals surface area contributed by atoms with Crippen molar-refractivity contribution in [1.82, 2.24) is 0 Å². The maximum Gasteiger partial charge on any atom is 0.349 e. The number of esters is 1. The fraction of sp³-hybridized carbons (Fsp3) is 0.214. The molecule has 0 radical (unpaired) electrons. The molecular weight excluding hydrogens is 414 g/mol. The maximum atomic E-state index is 12.5. The van der Waals surface area contributed by atoms with Crippen LogP contribution in [0, 0.1) is 18.3 Å². The lowest BCUT2D eigenvalue weighted by Gasteiger charge is -2.15. The largest absolute Gasteiger partial charge is 0.493 e. The van der Waals surface area contributed by atoms with Gasteiger partial charge in [-0.3, -0.25) is 0 Å². The van der Waals surface area contributed by atoms with Crippen molar-refractivity contribution in [2.75, 3.05) is 13.7 Å². The third kappa shape index (κ3) is 6.24. The molecule has 0 fully saturated rings. The van der Waals surface area contributed by atoms with Crippen molar-refractivity contribution in [3.63, 3.8) is 0 Å². The van der Waals surface area contributed by atoms with Gasteiger partial charge in [-0.25, -0.2) is 4.79 Å². The van der Waals surface area contributed by atoms with Crippen molar-refractivity contribution >= 4 is 17.6 Å². The lowest BCUT2D eigenvalue weighted by atomic mass is 10.0. The Morgan fingerprint density at radius 2 is 1.76 bits per heavy atom. The minimum atomic E-state index is -0.533. The summed E-state index contributed by atoms with van der Waals surface area (Å²) in [7, 11) is 1.50. The Labute approximate surface area is 194 Å². The number of hydrogen-bond donors (Lipinski definition) is 0. The molecule has 168 valence electrons. The molecule has 5 heteroatoms. The molecule has 0 aromatic heterocycles. The first-order valence-corrected chi connectivity index (χ1v) is 10.7. The number of rotatable bonds is 8. The molecule has 0 amide bonds. The van der Waals surface area contributed by atoms with Gasteiger partial charge in [0.25, 0.3) is 0 Å². The van der Waals surface area contributed by atoms with E-state index >= 15 is 0 Å². The minimum Gasteiger partial charge on any atom is -0.493 e. The van der Waals surface area contributed by atoms with E-state index in [4.69, 9.17) is 14.2 Å². The zero-order valence-electron chi connectivity index (χ0n) is 19.3. The fourth-order valence-electron chi connectivity index (χ4n) is 3.36. The van der Waals surface area contributed by atoms with E-state index in [1.165, 1.54) is 7.11 Å². The highest BCUT2D eigenvalue weighted by molar-refractivity contribution is 5.90. The first kappa shape index (κ1) is 23.6. The Morgan fingerprint density at radius 3 is 2.42 bits per heavy atom. The smallest absolute Gasteiger partial charge is 0.349 e. The molecule has 0 atom stereocenters. The van der Waals surface area contributed by atoms with Crippen LogP contribution in [0.5, 0.6) is 17.2 Å². The van der Waals surface area contributed by atoms with Crippen molar-refractivity contribution in [3.05, 3.63) is 89.0 Å². The third-order valence-electron chi connectivity index (χ3n) is 5.06. The topological polar surface area (TPSA) is 68.5 Å². The van der Waals surface area contributed by atoms with Gasteiger partial charge in [0.1, 0.15) is 5.75 Å². The summed E-state index contributed by atoms with van der Waals surface area (Å²) in [6.45, 7) is 5.91. The number of carbonyl (C=O) groups excluding carboxylic acids is 1. The van der Waals surface area contributed by atoms with Gasteiger partial charge in [0.2, 0.25) is 0 Å². The van der Waals surface area contributed by atoms with Crippen LogP contribution in [0.25, 0.3) is 11.6 Å². The minimum absolute atomic E-state index is 0.222. The number of nitriles is 1. The third-order valence-corrected chi connectivity index (χ3v) is 5.06. The summed E-state index contributed by atoms with van der Waals surface area (Å²) >= 11 is 0. The van der Waals surface area contributed by atoms with Gasteiger partial charge in [0, 0.05) is 0 Å². The monoisotopic (exact) mass is 441 g/mol. The van der Waals surface area contributed by atoms with Gasteiger partial charge in [0.15, 0.2) is 18.1 Å². The van der Waals surface area contributed by atoms with E-state index in [2.05, 4.69) is 19.9 Å². The van der Waals surface area contributed by atoms with Crippen LogP contribution in [0.2, 0.25) is 0 Å². The zero-order valence-corrected chi connectivity index (χ0v) is 19.3. The summed E-state index contributed by atoms with van der Waals surface area (Å²) < 4.78 is 16.7. The van der Waals surface area contributed by atoms with E-state index in [0.29, 0.717) is 17.1 Å². The Kier molecular flexibility index (Phi) is 7.88. The molecule has 0 aliphatic heterocycles. The van der Waals surface area contributed by atoms with Gasteiger partial charge in [-0.05, 0) is 59.4 Å². The highest BCUT2D eigenvalue weighted by Crippen LogP contribution is 2.31. The van der Waals surface area contributed by atoms with Gasteiger partial charge in [-0.2, -0.15) is 5.26 Å². The maximum absolute atomic E-state index is 12.5. The predicted octanol–water partition coefficient (Wildman–Crippen LogP) is 6.18. The second-order valence-corrected chi connectivity index (χ2v) is 7.90. The second-order valence-electron chi connectivity index (χ2n) is 7.90. The van der Waals surface area contributed by atoms with Gasteiger partial charge < -0.3 is 14.2 Å². The van der Waals surface area contributed by atoms with Gasteiger partial charge in [-0.15, -0.1) is 0 Å². The molecule has 3 aromatic rings. The molecule has 0 heterocycles. The number of methoxy groups -OCH3 is 1. The molecule has 0 saturated heterocycles. The van der Waals surface area contributed by atoms with Crippen molar-refractivity contribution in [2.24, 2.45) is 0 Å². The van der Waals surface area contributed by atoms with Crippen molar-refractivity contribution in [1.29, 1.82) is 5.26 Å². The quantitative estimate of drug-likeness (QED) is 0.181. The summed E-state index contributed by atoms with van der Waals surface area (Å²) in [5.41, 5.74) is 4.19. The average molecular weight is 442 g/mol. The van der Waals surface area contributed by atoms with Crippen LogP contribution in [0.15, 0.2) is 66.7 Å². The first-order chi connectivity index (χ1) is 15.9. The molecule has 0 bridgehead atoms. The highest BCUT2D eigenvalue weighted by atomic mass is 16.6. The molecule has 3 aromatic carbocycles. The van der Waals surface area contributed by atoms with Crippen molar-refractivity contribution < 1.29 is 19.0 Å². The normalized spacial score (nSPS) is 11.1. The predicted molar refractivity (Wildman–Crippen MR) is 129 cm³/mol. The molecule has 33 heavy (non-hydrogen) atoms. The van der Waals surface area contributed by atoms with Crippen LogP contribution in [0.3, 0.4) is 0 Å². The van der Waals surface area contributed by atoms with E-state index in [1.54, 1.807) is 24.3 Å². The van der Waals surface area contributed by atoms with Gasteiger partial charge in [-0.1, -0.05) is 62.4 Å². The molecule has 3 rings (SSSR count). The Bertz CT molecular complexity index is 1190. The molecule has 0 aliphatic carbocycles. The molecule has 0 saturated carbocycles. The van der Waals surface area contributed by atoms with E-state index in [-0.39, 0.29) is 18.3 Å². The number of nitrogens with zero attached hydrogens (tertiary/aromatic N) is 1. The SMILES string of the molecule is COc1cc(/C=C(\C#N)c2ccccc2)ccc1OC(=O)COc1cc(C)ccc1C(C)C. The summed E-state index contributed by atoms with van der Waals surface area (Å²) in [6, 6.07) is 22.7. The van der Waals surface area contributed by atoms with Crippen LogP contribution >= 0.6 is 0 Å². The summed E-state index contributed by atoms with van der Waals surface area (Å²) in [5, 5.41) is 9.53. The lowest BCUT2D eigenvalue weighted by Crippen LogP contribution is -2.18. The van der Waals surface area contributed by atoms with Gasteiger partial charge in [0.05, 0.1) is 18.8 Å². The second kappa shape index (κ2) is 11.0. The molecule has 0 aliphatic rings. The number of hydrogen-bond acceptors (Lipinski definition) is 5. The molecular formula is C28H27NO4. The highest BCUT2D eigenvalue weighted by Gasteiger charge is 2.14. The average Bonchev–Trinajstić information content (AvgIpc) is 2.82. The van der Waals surface area contributed by atoms with Crippen LogP contribution in [0.4, 0.5) is 0 Å². The molecule has 0 unspecified atom stereocenters. The van der Waals surface area contributed by atoms with Crippen molar-refractivity contribution in [2.45, 2.75) is 26.7 Å². The zero-order chi connectivity index (χ0) is 23.8. The molecule has 0 N–H and O–H groups in total. The number of allylic oxidation sites excluding steroid dienone is 1. The van der Waals surface area contributed by atoms with Crippen LogP contribution in [0.1, 0.15) is 42.0 Å². The summed E-state index contributed by atoms with van der Waals surface area (Å²) in [4.78, 5) is 12.5. The van der Waals surface area contributed by atoms with Gasteiger partial charge >= 0.3 is 5.97 Å². The van der Waals surface area contributed by atoms with Crippen LogP contribution in [-0.2, 0) is 4.79 Å². The van der Waals surface area contributed by atoms with Crippen LogP contribution < -0.4 is 14.2 Å². The Balaban J connectivity index is 1.73. The van der Waals surface area contributed by atoms with E-state index in [0.717, 1.165) is 22.3 Å². The molecule has 5 nitrogen and oxygen atoms in total. The number of carbonyl (C=O) groups is 1. The summed E-state index contributed by atoms with van der Waals surface area (Å²) in [5.74, 6) is 1.09. The van der Waals surface area contributed by atoms with Crippen molar-refractivity contribution in [3.8, 4) is 23.3 Å². The first-order valence-electron chi connectivity index (χ1n) is 10.7. The summed E-state index contributed by atoms with van der Waals surface area (Å²) in [6.07, 6.45) is 1.76. The van der Waals surface area contributed by atoms with E-state index < -0.39 is 5.97 Å². The number of aryl methyl sites for hydroxylation is 1. The lowest BCUT2D eigenvalue weighted by molar-refractivity contribution is -0.136. The standard InChI is InChI=1S/C28H27NO4/c1-19(2)24-12-10-20(3)14-26(24)32-18-28(30)33-25-13-11-21(16-27(25)31-4)15-23(17-29)22-8-6-5-7-9-22/h5-16,19H,18H2,1-4H3/b23-15+. The number of ether oxygens (including phenoxy) is 3. The fourth-order valence-corrected chi connectivity index (χ4v) is 3.36. The Hall–Kier alpha value is -4.04. The number of benzene rings is 3. The Morgan fingerprint density at radius 1 is 1.00 bits per heavy atom. The van der Waals surface area contributed by atoms with E-state index in [1.807, 2.05) is 55.5 Å². The molecule has 0 spiro atoms. The van der Waals surface area contributed by atoms with Crippen LogP contribution in [-0.4, -0.2) is 19.7 Å².